The number of fused-ring (bicyclic) bond motifs is 1. The summed E-state index contributed by atoms with van der Waals surface area (Å²) in [4.78, 5) is 2.23. The molecule has 1 N–H and O–H groups in total. The Morgan fingerprint density at radius 3 is 2.77 bits per heavy atom. The van der Waals surface area contributed by atoms with E-state index >= 15 is 0 Å². The Morgan fingerprint density at radius 1 is 1.23 bits per heavy atom. The highest BCUT2D eigenvalue weighted by Gasteiger charge is 2.35. The fraction of sp³-hybridized carbons (Fsp3) is 0.556. The molecule has 8 nitrogen and oxygen atoms in total. The van der Waals surface area contributed by atoms with Gasteiger partial charge in [-0.1, -0.05) is 6.92 Å². The molecule has 0 aliphatic carbocycles. The number of nitrogens with zero attached hydrogens (tertiary/aromatic N) is 7. The van der Waals surface area contributed by atoms with Crippen molar-refractivity contribution in [2.45, 2.75) is 39.2 Å². The maximum atomic E-state index is 9.90. The Morgan fingerprint density at radius 2 is 2.08 bits per heavy atom. The van der Waals surface area contributed by atoms with Gasteiger partial charge in [0, 0.05) is 50.2 Å². The van der Waals surface area contributed by atoms with E-state index in [4.69, 9.17) is 5.10 Å². The van der Waals surface area contributed by atoms with Crippen LogP contribution in [0.15, 0.2) is 24.5 Å². The summed E-state index contributed by atoms with van der Waals surface area (Å²) in [6, 6.07) is 4.27. The van der Waals surface area contributed by atoms with Gasteiger partial charge >= 0.3 is 0 Å². The van der Waals surface area contributed by atoms with Gasteiger partial charge < -0.3 is 10.0 Å². The Kier molecular flexibility index (Phi) is 4.36. The van der Waals surface area contributed by atoms with Crippen molar-refractivity contribution in [2.24, 2.45) is 5.92 Å². The summed E-state index contributed by atoms with van der Waals surface area (Å²) >= 11 is 0. The number of aryl methyl sites for hydroxylation is 1. The van der Waals surface area contributed by atoms with Gasteiger partial charge in [0.25, 0.3) is 0 Å². The summed E-state index contributed by atoms with van der Waals surface area (Å²) in [7, 11) is 0. The number of rotatable bonds is 5. The van der Waals surface area contributed by atoms with Crippen LogP contribution in [-0.4, -0.2) is 54.4 Å². The molecule has 8 heteroatoms. The maximum Gasteiger partial charge on any atom is 0.178 e. The lowest BCUT2D eigenvalue weighted by atomic mass is 9.92. The zero-order chi connectivity index (χ0) is 18.3. The Hall–Kier alpha value is -2.48. The molecule has 0 unspecified atom stereocenters. The molecule has 0 radical (unpaired) electrons. The molecular weight excluding hydrogens is 330 g/mol. The first kappa shape index (κ1) is 17.0. The van der Waals surface area contributed by atoms with E-state index in [9.17, 15) is 5.11 Å². The number of aliphatic hydroxyl groups excluding tert-OH is 1. The zero-order valence-electron chi connectivity index (χ0n) is 15.4. The van der Waals surface area contributed by atoms with Gasteiger partial charge in [0.15, 0.2) is 11.5 Å². The minimum atomic E-state index is 0.156. The van der Waals surface area contributed by atoms with Crippen molar-refractivity contribution in [1.82, 2.24) is 29.6 Å². The molecule has 0 saturated carbocycles. The Balaban J connectivity index is 1.62. The molecule has 1 fully saturated rings. The first-order valence-electron chi connectivity index (χ1n) is 9.22. The van der Waals surface area contributed by atoms with Crippen molar-refractivity contribution >= 4 is 11.5 Å². The Labute approximate surface area is 152 Å². The second-order valence-corrected chi connectivity index (χ2v) is 7.23. The van der Waals surface area contributed by atoms with Gasteiger partial charge in [-0.3, -0.25) is 4.68 Å². The monoisotopic (exact) mass is 355 g/mol. The highest BCUT2D eigenvalue weighted by Crippen LogP contribution is 2.34. The minimum absolute atomic E-state index is 0.156. The highest BCUT2D eigenvalue weighted by atomic mass is 16.3. The van der Waals surface area contributed by atoms with E-state index in [0.29, 0.717) is 6.04 Å². The molecule has 1 saturated heterocycles. The van der Waals surface area contributed by atoms with E-state index in [-0.39, 0.29) is 18.4 Å². The molecular formula is C18H25N7O. The predicted molar refractivity (Wildman–Crippen MR) is 98.3 cm³/mol. The van der Waals surface area contributed by atoms with Crippen molar-refractivity contribution < 1.29 is 5.11 Å². The molecule has 3 aromatic rings. The van der Waals surface area contributed by atoms with Crippen LogP contribution in [0.3, 0.4) is 0 Å². The molecule has 0 amide bonds. The third-order valence-electron chi connectivity index (χ3n) is 5.21. The molecule has 138 valence electrons. The topological polar surface area (TPSA) is 84.4 Å². The quantitative estimate of drug-likeness (QED) is 0.749. The highest BCUT2D eigenvalue weighted by molar-refractivity contribution is 5.47. The van der Waals surface area contributed by atoms with Crippen molar-refractivity contribution in [3.63, 3.8) is 0 Å². The predicted octanol–water partition coefficient (Wildman–Crippen LogP) is 1.68. The number of aliphatic hydroxyl groups is 1. The van der Waals surface area contributed by atoms with E-state index in [1.165, 1.54) is 5.56 Å². The van der Waals surface area contributed by atoms with Crippen LogP contribution in [-0.2, 0) is 6.42 Å². The molecule has 3 aromatic heterocycles. The van der Waals surface area contributed by atoms with E-state index < -0.39 is 0 Å². The lowest BCUT2D eigenvalue weighted by Crippen LogP contribution is -2.22. The van der Waals surface area contributed by atoms with Crippen LogP contribution in [0.1, 0.15) is 44.1 Å². The van der Waals surface area contributed by atoms with Crippen molar-refractivity contribution in [3.8, 4) is 0 Å². The Bertz CT molecular complexity index is 900. The van der Waals surface area contributed by atoms with Crippen molar-refractivity contribution in [1.29, 1.82) is 0 Å². The van der Waals surface area contributed by atoms with Crippen LogP contribution in [0.2, 0.25) is 0 Å². The summed E-state index contributed by atoms with van der Waals surface area (Å²) in [5.74, 6) is 2.17. The van der Waals surface area contributed by atoms with Crippen LogP contribution in [0.5, 0.6) is 0 Å². The molecule has 0 spiro atoms. The van der Waals surface area contributed by atoms with Gasteiger partial charge in [-0.25, -0.2) is 0 Å². The first-order valence-corrected chi connectivity index (χ1v) is 9.22. The van der Waals surface area contributed by atoms with Crippen LogP contribution in [0.25, 0.3) is 5.65 Å². The van der Waals surface area contributed by atoms with Crippen LogP contribution in [0.4, 0.5) is 5.82 Å². The molecule has 2 atom stereocenters. The third kappa shape index (κ3) is 2.84. The maximum absolute atomic E-state index is 9.90. The average molecular weight is 355 g/mol. The summed E-state index contributed by atoms with van der Waals surface area (Å²) in [6.45, 7) is 8.02. The molecule has 4 rings (SSSR count). The molecule has 4 heterocycles. The summed E-state index contributed by atoms with van der Waals surface area (Å²) < 4.78 is 3.79. The number of anilines is 1. The van der Waals surface area contributed by atoms with E-state index in [0.717, 1.165) is 36.8 Å². The van der Waals surface area contributed by atoms with Gasteiger partial charge in [0.1, 0.15) is 5.82 Å². The second-order valence-electron chi connectivity index (χ2n) is 7.23. The summed E-state index contributed by atoms with van der Waals surface area (Å²) in [5, 5.41) is 27.4. The fourth-order valence-corrected chi connectivity index (χ4v) is 3.66. The molecule has 1 aliphatic rings. The van der Waals surface area contributed by atoms with E-state index in [1.54, 1.807) is 0 Å². The number of aromatic nitrogens is 6. The minimum Gasteiger partial charge on any atom is -0.396 e. The van der Waals surface area contributed by atoms with Gasteiger partial charge in [-0.15, -0.1) is 15.3 Å². The lowest BCUT2D eigenvalue weighted by Gasteiger charge is -2.17. The van der Waals surface area contributed by atoms with Crippen LogP contribution < -0.4 is 4.90 Å². The SMILES string of the molecule is CCc1nnc2ccc(N3C[C@@H](CO)[C@H](c4cnn(C(C)C)c4)C3)nn12. The molecule has 26 heavy (non-hydrogen) atoms. The van der Waals surface area contributed by atoms with Gasteiger partial charge in [0.2, 0.25) is 0 Å². The van der Waals surface area contributed by atoms with Crippen molar-refractivity contribution in [3.05, 3.63) is 35.9 Å². The largest absolute Gasteiger partial charge is 0.396 e. The standard InChI is InChI=1S/C18H25N7O/c1-4-16-20-21-17-5-6-18(22-25(16)17)23-8-14(11-26)15(10-23)13-7-19-24(9-13)12(2)3/h5-7,9,12,14-15,26H,4,8,10-11H2,1-3H3/t14-,15-/m0/s1. The number of hydrogen-bond acceptors (Lipinski definition) is 6. The third-order valence-corrected chi connectivity index (χ3v) is 5.21. The molecule has 1 aliphatic heterocycles. The fourth-order valence-electron chi connectivity index (χ4n) is 3.66. The summed E-state index contributed by atoms with van der Waals surface area (Å²) in [5.41, 5.74) is 1.94. The van der Waals surface area contributed by atoms with Gasteiger partial charge in [-0.05, 0) is 31.5 Å². The average Bonchev–Trinajstić information content (AvgIpc) is 3.37. The molecule has 0 aromatic carbocycles. The molecule has 0 bridgehead atoms. The van der Waals surface area contributed by atoms with E-state index in [1.807, 2.05) is 34.5 Å². The van der Waals surface area contributed by atoms with Gasteiger partial charge in [-0.2, -0.15) is 9.61 Å². The zero-order valence-corrected chi connectivity index (χ0v) is 15.4. The second kappa shape index (κ2) is 6.68. The van der Waals surface area contributed by atoms with E-state index in [2.05, 4.69) is 40.2 Å². The van der Waals surface area contributed by atoms with Crippen LogP contribution in [0, 0.1) is 5.92 Å². The first-order chi connectivity index (χ1) is 12.6. The van der Waals surface area contributed by atoms with Crippen LogP contribution >= 0.6 is 0 Å². The normalized spacial score (nSPS) is 20.6. The van der Waals surface area contributed by atoms with Gasteiger partial charge in [0.05, 0.1) is 6.20 Å². The lowest BCUT2D eigenvalue weighted by molar-refractivity contribution is 0.227. The summed E-state index contributed by atoms with van der Waals surface area (Å²) in [6.07, 6.45) is 4.82. The smallest absolute Gasteiger partial charge is 0.178 e. The number of hydrogen-bond donors (Lipinski definition) is 1. The van der Waals surface area contributed by atoms with Crippen molar-refractivity contribution in [2.75, 3.05) is 24.6 Å².